The average Bonchev–Trinajstić information content (AvgIpc) is 3.46. The third-order valence-corrected chi connectivity index (χ3v) is 6.60. The number of H-pyrrole nitrogens is 1. The number of piperazine rings is 1. The standard InChI is InChI=1S/C25H27N9O/c1-25(5-6-25)35-18-3-4-20-19(11-18)24(32-31-20)21-12-22(30-16-29-21)33-7-9-34(10-8-33)23-15-27-17(13-26-2)14-28-23/h3-4,11-16H,5-10H2,1-2H3,(H,31,32). The molecule has 1 N–H and O–H groups in total. The first-order valence-corrected chi connectivity index (χ1v) is 11.8. The molecule has 10 heteroatoms. The van der Waals surface area contributed by atoms with Crippen molar-refractivity contribution in [3.8, 4) is 17.1 Å². The molecule has 1 aromatic carbocycles. The lowest BCUT2D eigenvalue weighted by Crippen LogP contribution is -2.47. The van der Waals surface area contributed by atoms with Gasteiger partial charge in [-0.15, -0.1) is 0 Å². The van der Waals surface area contributed by atoms with Gasteiger partial charge < -0.3 is 14.5 Å². The lowest BCUT2D eigenvalue weighted by atomic mass is 10.1. The van der Waals surface area contributed by atoms with Crippen molar-refractivity contribution in [2.45, 2.75) is 25.4 Å². The second-order valence-corrected chi connectivity index (χ2v) is 9.25. The fourth-order valence-electron chi connectivity index (χ4n) is 4.32. The van der Waals surface area contributed by atoms with E-state index in [4.69, 9.17) is 4.74 Å². The van der Waals surface area contributed by atoms with E-state index in [2.05, 4.69) is 57.9 Å². The molecule has 178 valence electrons. The van der Waals surface area contributed by atoms with E-state index in [9.17, 15) is 0 Å². The van der Waals surface area contributed by atoms with E-state index in [1.54, 1.807) is 32.0 Å². The van der Waals surface area contributed by atoms with Crippen LogP contribution in [0.25, 0.3) is 22.3 Å². The van der Waals surface area contributed by atoms with E-state index in [-0.39, 0.29) is 5.60 Å². The van der Waals surface area contributed by atoms with Crippen LogP contribution in [0.2, 0.25) is 0 Å². The first kappa shape index (κ1) is 21.5. The minimum atomic E-state index is -0.0286. The Kier molecular flexibility index (Phi) is 5.28. The Hall–Kier alpha value is -4.08. The average molecular weight is 470 g/mol. The highest BCUT2D eigenvalue weighted by Gasteiger charge is 2.40. The van der Waals surface area contributed by atoms with Crippen molar-refractivity contribution >= 4 is 28.8 Å². The summed E-state index contributed by atoms with van der Waals surface area (Å²) in [5.41, 5.74) is 3.28. The third kappa shape index (κ3) is 4.39. The molecular formula is C25H27N9O. The van der Waals surface area contributed by atoms with Crippen molar-refractivity contribution in [2.75, 3.05) is 43.0 Å². The van der Waals surface area contributed by atoms with E-state index in [0.717, 1.165) is 84.4 Å². The van der Waals surface area contributed by atoms with Gasteiger partial charge in [-0.05, 0) is 38.0 Å². The molecule has 3 aromatic heterocycles. The van der Waals surface area contributed by atoms with Gasteiger partial charge in [-0.1, -0.05) is 0 Å². The second-order valence-electron chi connectivity index (χ2n) is 9.25. The molecule has 6 rings (SSSR count). The number of nitrogens with zero attached hydrogens (tertiary/aromatic N) is 8. The van der Waals surface area contributed by atoms with Crippen molar-refractivity contribution < 1.29 is 4.74 Å². The Bertz CT molecular complexity index is 1370. The molecule has 1 saturated heterocycles. The summed E-state index contributed by atoms with van der Waals surface area (Å²) in [6, 6.07) is 8.07. The highest BCUT2D eigenvalue weighted by atomic mass is 16.5. The van der Waals surface area contributed by atoms with Gasteiger partial charge in [-0.2, -0.15) is 5.10 Å². The predicted molar refractivity (Wildman–Crippen MR) is 135 cm³/mol. The Balaban J connectivity index is 1.19. The van der Waals surface area contributed by atoms with Crippen LogP contribution in [0.5, 0.6) is 5.75 Å². The van der Waals surface area contributed by atoms with Gasteiger partial charge in [0.15, 0.2) is 0 Å². The van der Waals surface area contributed by atoms with Crippen LogP contribution in [0.1, 0.15) is 25.5 Å². The van der Waals surface area contributed by atoms with Crippen molar-refractivity contribution in [3.63, 3.8) is 0 Å². The van der Waals surface area contributed by atoms with Crippen LogP contribution in [0, 0.1) is 0 Å². The van der Waals surface area contributed by atoms with Crippen molar-refractivity contribution in [2.24, 2.45) is 4.99 Å². The maximum absolute atomic E-state index is 6.16. The van der Waals surface area contributed by atoms with Gasteiger partial charge in [-0.3, -0.25) is 10.1 Å². The molecule has 0 amide bonds. The lowest BCUT2D eigenvalue weighted by Gasteiger charge is -2.35. The maximum atomic E-state index is 6.16. The number of aliphatic imine (C=N–C) groups is 1. The van der Waals surface area contributed by atoms with Crippen LogP contribution in [-0.2, 0) is 0 Å². The van der Waals surface area contributed by atoms with Crippen molar-refractivity contribution in [3.05, 3.63) is 48.7 Å². The molecule has 2 fully saturated rings. The number of hydrogen-bond acceptors (Lipinski definition) is 9. The van der Waals surface area contributed by atoms with Gasteiger partial charge >= 0.3 is 0 Å². The van der Waals surface area contributed by atoms with E-state index in [0.29, 0.717) is 0 Å². The highest BCUT2D eigenvalue weighted by molar-refractivity contribution is 5.93. The minimum Gasteiger partial charge on any atom is -0.488 e. The zero-order valence-electron chi connectivity index (χ0n) is 19.8. The van der Waals surface area contributed by atoms with E-state index >= 15 is 0 Å². The molecule has 4 heterocycles. The summed E-state index contributed by atoms with van der Waals surface area (Å²) in [7, 11) is 1.73. The molecular weight excluding hydrogens is 442 g/mol. The quantitative estimate of drug-likeness (QED) is 0.429. The van der Waals surface area contributed by atoms with Crippen LogP contribution in [0.15, 0.2) is 48.0 Å². The summed E-state index contributed by atoms with van der Waals surface area (Å²) in [4.78, 5) is 26.5. The van der Waals surface area contributed by atoms with Crippen LogP contribution in [-0.4, -0.2) is 75.2 Å². The molecule has 0 unspecified atom stereocenters. The second kappa shape index (κ2) is 8.61. The zero-order valence-corrected chi connectivity index (χ0v) is 19.8. The Labute approximate surface area is 203 Å². The van der Waals surface area contributed by atoms with Crippen molar-refractivity contribution in [1.29, 1.82) is 0 Å². The monoisotopic (exact) mass is 469 g/mol. The topological polar surface area (TPSA) is 108 Å². The number of benzene rings is 1. The number of aromatic nitrogens is 6. The molecule has 0 spiro atoms. The predicted octanol–water partition coefficient (Wildman–Crippen LogP) is 3.12. The van der Waals surface area contributed by atoms with Crippen LogP contribution in [0.4, 0.5) is 11.6 Å². The lowest BCUT2D eigenvalue weighted by molar-refractivity contribution is 0.200. The van der Waals surface area contributed by atoms with Gasteiger partial charge in [0.2, 0.25) is 0 Å². The Morgan fingerprint density at radius 2 is 1.77 bits per heavy atom. The van der Waals surface area contributed by atoms with Crippen LogP contribution >= 0.6 is 0 Å². The van der Waals surface area contributed by atoms with Gasteiger partial charge in [-0.25, -0.2) is 19.9 Å². The molecule has 10 nitrogen and oxygen atoms in total. The number of rotatable bonds is 6. The SMILES string of the molecule is CN=Cc1cnc(N2CCN(c3cc(-c4n[nH]c5ccc(OC6(C)CC6)cc45)ncn3)CC2)cn1. The number of anilines is 2. The first-order valence-electron chi connectivity index (χ1n) is 11.8. The summed E-state index contributed by atoms with van der Waals surface area (Å²) in [6.45, 7) is 5.47. The number of hydrogen-bond donors (Lipinski definition) is 1. The third-order valence-electron chi connectivity index (χ3n) is 6.60. The van der Waals surface area contributed by atoms with Gasteiger partial charge in [0.25, 0.3) is 0 Å². The van der Waals surface area contributed by atoms with E-state index < -0.39 is 0 Å². The molecule has 1 aliphatic heterocycles. The first-order chi connectivity index (χ1) is 17.1. The Morgan fingerprint density at radius 1 is 0.971 bits per heavy atom. The molecule has 2 aliphatic rings. The molecule has 0 bridgehead atoms. The normalized spacial score (nSPS) is 17.3. The summed E-state index contributed by atoms with van der Waals surface area (Å²) >= 11 is 0. The van der Waals surface area contributed by atoms with Crippen LogP contribution in [0.3, 0.4) is 0 Å². The molecule has 35 heavy (non-hydrogen) atoms. The van der Waals surface area contributed by atoms with Crippen molar-refractivity contribution in [1.82, 2.24) is 30.1 Å². The van der Waals surface area contributed by atoms with Gasteiger partial charge in [0.05, 0.1) is 29.3 Å². The number of fused-ring (bicyclic) bond motifs is 1. The fourth-order valence-corrected chi connectivity index (χ4v) is 4.32. The summed E-state index contributed by atoms with van der Waals surface area (Å²) in [5, 5.41) is 8.67. The van der Waals surface area contributed by atoms with Crippen LogP contribution < -0.4 is 14.5 Å². The van der Waals surface area contributed by atoms with E-state index in [1.165, 1.54) is 0 Å². The summed E-state index contributed by atoms with van der Waals surface area (Å²) in [5.74, 6) is 2.63. The highest BCUT2D eigenvalue weighted by Crippen LogP contribution is 2.40. The number of aromatic amines is 1. The van der Waals surface area contributed by atoms with Gasteiger partial charge in [0, 0.05) is 50.9 Å². The fraction of sp³-hybridized carbons (Fsp3) is 0.360. The molecule has 0 radical (unpaired) electrons. The van der Waals surface area contributed by atoms with E-state index in [1.807, 2.05) is 18.2 Å². The number of ether oxygens (including phenoxy) is 1. The largest absolute Gasteiger partial charge is 0.488 e. The number of nitrogens with one attached hydrogen (secondary N) is 1. The Morgan fingerprint density at radius 3 is 2.49 bits per heavy atom. The molecule has 1 aliphatic carbocycles. The molecule has 1 saturated carbocycles. The smallest absolute Gasteiger partial charge is 0.147 e. The van der Waals surface area contributed by atoms with Gasteiger partial charge in [0.1, 0.15) is 35.0 Å². The molecule has 0 atom stereocenters. The molecule has 4 aromatic rings. The summed E-state index contributed by atoms with van der Waals surface area (Å²) in [6.07, 6.45) is 9.06. The maximum Gasteiger partial charge on any atom is 0.147 e. The summed E-state index contributed by atoms with van der Waals surface area (Å²) < 4.78 is 6.16. The zero-order chi connectivity index (χ0) is 23.8. The minimum absolute atomic E-state index is 0.0286.